The standard InChI is InChI=1S/C24H31N5O6S/c1-14-10-11-18(35-14)20(24(2,3)4)26-22-21(27-36(33,34)28-22)25-17-9-5-8-16(19(17)31)23(32)29-12-6-7-15(29)13-30/h5,8-11,15,20,30-31H,6-7,12-13H2,1-4H3,(H,25,27)(H,26,28)/t15-,20?/m0/s1. The van der Waals surface area contributed by atoms with E-state index in [1.807, 2.05) is 39.8 Å². The topological polar surface area (TPSA) is 157 Å². The number of amidine groups is 2. The number of nitrogens with one attached hydrogen (secondary N) is 2. The number of hydrogen-bond donors (Lipinski definition) is 4. The number of aliphatic hydroxyl groups excluding tert-OH is 1. The van der Waals surface area contributed by atoms with Gasteiger partial charge >= 0.3 is 10.2 Å². The summed E-state index contributed by atoms with van der Waals surface area (Å²) in [6.45, 7) is 8.04. The van der Waals surface area contributed by atoms with Crippen LogP contribution in [0.15, 0.2) is 43.5 Å². The van der Waals surface area contributed by atoms with Crippen molar-refractivity contribution in [2.45, 2.75) is 52.6 Å². The van der Waals surface area contributed by atoms with Gasteiger partial charge in [0.05, 0.1) is 29.9 Å². The number of phenols is 1. The summed E-state index contributed by atoms with van der Waals surface area (Å²) in [6.07, 6.45) is 1.45. The zero-order valence-electron chi connectivity index (χ0n) is 20.6. The highest BCUT2D eigenvalue weighted by molar-refractivity contribution is 7.89. The lowest BCUT2D eigenvalue weighted by Gasteiger charge is -2.30. The van der Waals surface area contributed by atoms with Crippen molar-refractivity contribution in [1.29, 1.82) is 0 Å². The van der Waals surface area contributed by atoms with Crippen LogP contribution in [0.5, 0.6) is 5.75 Å². The Morgan fingerprint density at radius 1 is 1.22 bits per heavy atom. The number of aryl methyl sites for hydroxylation is 1. The quantitative estimate of drug-likeness (QED) is 0.441. The first-order valence-electron chi connectivity index (χ1n) is 11.7. The third-order valence-corrected chi connectivity index (χ3v) is 7.03. The van der Waals surface area contributed by atoms with Crippen molar-refractivity contribution in [3.8, 4) is 5.75 Å². The fourth-order valence-corrected chi connectivity index (χ4v) is 5.14. The van der Waals surface area contributed by atoms with E-state index in [-0.39, 0.29) is 41.3 Å². The maximum atomic E-state index is 13.1. The van der Waals surface area contributed by atoms with Crippen molar-refractivity contribution in [2.24, 2.45) is 14.2 Å². The molecule has 11 nitrogen and oxygen atoms in total. The Balaban J connectivity index is 1.62. The summed E-state index contributed by atoms with van der Waals surface area (Å²) in [6, 6.07) is 7.42. The van der Waals surface area contributed by atoms with Gasteiger partial charge in [-0.3, -0.25) is 4.79 Å². The first kappa shape index (κ1) is 25.7. The summed E-state index contributed by atoms with van der Waals surface area (Å²) < 4.78 is 37.8. The van der Waals surface area contributed by atoms with Crippen molar-refractivity contribution >= 4 is 33.5 Å². The Morgan fingerprint density at radius 3 is 2.58 bits per heavy atom. The number of likely N-dealkylation sites (tertiary alicyclic amines) is 1. The summed E-state index contributed by atoms with van der Waals surface area (Å²) in [5, 5.41) is 26.4. The number of nitrogens with zero attached hydrogens (tertiary/aromatic N) is 3. The molecule has 0 spiro atoms. The number of phenolic OH excluding ortho intramolecular Hbond substituents is 1. The summed E-state index contributed by atoms with van der Waals surface area (Å²) >= 11 is 0. The summed E-state index contributed by atoms with van der Waals surface area (Å²) in [4.78, 5) is 14.6. The Bertz CT molecular complexity index is 1320. The van der Waals surface area contributed by atoms with E-state index < -0.39 is 27.6 Å². The van der Waals surface area contributed by atoms with Crippen LogP contribution in [0.2, 0.25) is 0 Å². The van der Waals surface area contributed by atoms with E-state index in [0.29, 0.717) is 24.5 Å². The molecule has 2 atom stereocenters. The zero-order chi connectivity index (χ0) is 26.3. The van der Waals surface area contributed by atoms with Crippen LogP contribution in [-0.2, 0) is 10.2 Å². The molecule has 1 saturated heterocycles. The van der Waals surface area contributed by atoms with E-state index in [2.05, 4.69) is 19.4 Å². The molecule has 0 saturated carbocycles. The van der Waals surface area contributed by atoms with E-state index in [1.165, 1.54) is 17.0 Å². The predicted octanol–water partition coefficient (Wildman–Crippen LogP) is 2.73. The number of hydrogen-bond acceptors (Lipinski definition) is 8. The number of para-hydroxylation sites is 1. The molecule has 194 valence electrons. The normalized spacial score (nSPS) is 20.1. The van der Waals surface area contributed by atoms with Gasteiger partial charge in [-0.15, -0.1) is 8.80 Å². The number of carbonyl (C=O) groups is 1. The summed E-state index contributed by atoms with van der Waals surface area (Å²) in [5.41, 5.74) is -0.267. The molecule has 4 N–H and O–H groups in total. The molecule has 36 heavy (non-hydrogen) atoms. The SMILES string of the molecule is Cc1ccc(C(NC2=NS(=O)(=O)N=C2Nc2cccc(C(=O)N3CCC[C@H]3CO)c2O)C(C)(C)C)o1. The van der Waals surface area contributed by atoms with Crippen molar-refractivity contribution in [3.05, 3.63) is 47.4 Å². The second-order valence-electron chi connectivity index (χ2n) is 10.0. The average Bonchev–Trinajstić information content (AvgIpc) is 3.50. The minimum absolute atomic E-state index is 0.0341. The number of rotatable bonds is 5. The lowest BCUT2D eigenvalue weighted by molar-refractivity contribution is 0.0674. The van der Waals surface area contributed by atoms with Crippen LogP contribution < -0.4 is 10.6 Å². The lowest BCUT2D eigenvalue weighted by Crippen LogP contribution is -2.41. The van der Waals surface area contributed by atoms with Gasteiger partial charge in [0, 0.05) is 6.54 Å². The van der Waals surface area contributed by atoms with E-state index in [9.17, 15) is 23.4 Å². The van der Waals surface area contributed by atoms with Gasteiger partial charge in [-0.1, -0.05) is 26.8 Å². The van der Waals surface area contributed by atoms with Crippen LogP contribution in [0.3, 0.4) is 0 Å². The molecule has 0 aliphatic carbocycles. The third-order valence-electron chi connectivity index (χ3n) is 6.20. The fraction of sp³-hybridized carbons (Fsp3) is 0.458. The molecule has 1 unspecified atom stereocenters. The molecule has 0 radical (unpaired) electrons. The Kier molecular flexibility index (Phi) is 6.84. The molecule has 12 heteroatoms. The van der Waals surface area contributed by atoms with E-state index in [4.69, 9.17) is 4.42 Å². The van der Waals surface area contributed by atoms with Crippen molar-refractivity contribution in [2.75, 3.05) is 18.5 Å². The van der Waals surface area contributed by atoms with Gasteiger partial charge in [-0.2, -0.15) is 8.42 Å². The van der Waals surface area contributed by atoms with E-state index in [0.717, 1.165) is 6.42 Å². The first-order valence-corrected chi connectivity index (χ1v) is 13.1. The van der Waals surface area contributed by atoms with Crippen LogP contribution in [0.1, 0.15) is 61.5 Å². The molecular formula is C24H31N5O6S. The molecule has 1 aromatic carbocycles. The van der Waals surface area contributed by atoms with Crippen LogP contribution in [0.25, 0.3) is 0 Å². The average molecular weight is 518 g/mol. The van der Waals surface area contributed by atoms with Gasteiger partial charge in [0.1, 0.15) is 11.5 Å². The third kappa shape index (κ3) is 5.24. The number of carbonyl (C=O) groups excluding carboxylic acids is 1. The molecule has 2 aromatic rings. The maximum Gasteiger partial charge on any atom is 0.367 e. The molecule has 1 amide bonds. The molecule has 1 fully saturated rings. The smallest absolute Gasteiger partial charge is 0.367 e. The summed E-state index contributed by atoms with van der Waals surface area (Å²) in [7, 11) is -4.16. The second kappa shape index (κ2) is 9.58. The van der Waals surface area contributed by atoms with Gasteiger partial charge in [0.2, 0.25) is 0 Å². The van der Waals surface area contributed by atoms with Gasteiger partial charge in [0.25, 0.3) is 5.91 Å². The van der Waals surface area contributed by atoms with Gasteiger partial charge in [0.15, 0.2) is 17.4 Å². The highest BCUT2D eigenvalue weighted by Crippen LogP contribution is 2.35. The molecular weight excluding hydrogens is 486 g/mol. The minimum atomic E-state index is -4.16. The molecule has 1 aromatic heterocycles. The molecule has 2 aliphatic rings. The maximum absolute atomic E-state index is 13.1. The highest BCUT2D eigenvalue weighted by Gasteiger charge is 2.35. The number of benzene rings is 1. The Labute approximate surface area is 210 Å². The highest BCUT2D eigenvalue weighted by atomic mass is 32.2. The fourth-order valence-electron chi connectivity index (χ4n) is 4.37. The summed E-state index contributed by atoms with van der Waals surface area (Å²) in [5.74, 6) is 0.378. The van der Waals surface area contributed by atoms with Crippen molar-refractivity contribution in [3.63, 3.8) is 0 Å². The number of furan rings is 1. The van der Waals surface area contributed by atoms with Crippen LogP contribution in [-0.4, -0.2) is 60.3 Å². The molecule has 4 rings (SSSR count). The number of anilines is 1. The van der Waals surface area contributed by atoms with Gasteiger partial charge in [-0.25, -0.2) is 0 Å². The van der Waals surface area contributed by atoms with Crippen LogP contribution in [0, 0.1) is 12.3 Å². The number of aliphatic hydroxyl groups is 1. The molecule has 2 aliphatic heterocycles. The molecule has 0 bridgehead atoms. The van der Waals surface area contributed by atoms with E-state index in [1.54, 1.807) is 6.07 Å². The number of amides is 1. The van der Waals surface area contributed by atoms with Gasteiger partial charge < -0.3 is 30.2 Å². The zero-order valence-corrected chi connectivity index (χ0v) is 21.5. The van der Waals surface area contributed by atoms with Crippen LogP contribution >= 0.6 is 0 Å². The Morgan fingerprint density at radius 2 is 1.94 bits per heavy atom. The lowest BCUT2D eigenvalue weighted by atomic mass is 9.85. The minimum Gasteiger partial charge on any atom is -0.505 e. The number of aromatic hydroxyl groups is 1. The monoisotopic (exact) mass is 517 g/mol. The molecule has 3 heterocycles. The predicted molar refractivity (Wildman–Crippen MR) is 135 cm³/mol. The van der Waals surface area contributed by atoms with Crippen molar-refractivity contribution < 1.29 is 27.8 Å². The largest absolute Gasteiger partial charge is 0.505 e. The van der Waals surface area contributed by atoms with Gasteiger partial charge in [-0.05, 0) is 49.4 Å². The van der Waals surface area contributed by atoms with Crippen LogP contribution in [0.4, 0.5) is 5.69 Å². The second-order valence-corrected chi connectivity index (χ2v) is 11.3. The van der Waals surface area contributed by atoms with E-state index >= 15 is 0 Å². The Hall–Kier alpha value is -3.38. The van der Waals surface area contributed by atoms with Crippen molar-refractivity contribution in [1.82, 2.24) is 10.2 Å². The first-order chi connectivity index (χ1) is 16.9.